The Hall–Kier alpha value is -13.0. The lowest BCUT2D eigenvalue weighted by molar-refractivity contribution is -0.175. The first-order chi connectivity index (χ1) is 53.0. The van der Waals surface area contributed by atoms with Gasteiger partial charge < -0.3 is 30.9 Å². The third kappa shape index (κ3) is 33.0. The molecule has 0 aliphatic carbocycles. The fourth-order valence-corrected chi connectivity index (χ4v) is 8.95. The van der Waals surface area contributed by atoms with Gasteiger partial charge in [-0.25, -0.2) is 64.7 Å². The molecule has 0 spiro atoms. The number of amides is 5. The van der Waals surface area contributed by atoms with E-state index in [9.17, 15) is 104 Å². The van der Waals surface area contributed by atoms with E-state index in [2.05, 4.69) is 51.0 Å². The second kappa shape index (κ2) is 41.7. The molecule has 8 aromatic rings. The van der Waals surface area contributed by atoms with Crippen LogP contribution in [0.25, 0.3) is 70.4 Å². The maximum absolute atomic E-state index is 13.0. The van der Waals surface area contributed by atoms with Gasteiger partial charge in [-0.2, -0.15) is 65.9 Å². The van der Waals surface area contributed by atoms with Crippen LogP contribution in [0.3, 0.4) is 0 Å². The second-order valence-corrected chi connectivity index (χ2v) is 25.7. The number of nitrogens with two attached hydrogens (primary N) is 2. The standard InChI is InChI=1S/C21H21F6N5O3.2C13H12F3N5O.C13H10F3N3O2.C10H19NO4.CH4/c1-11(2)16(30-19(35)21(25,26)27)18(34)28-9-15(33)4-5-32-10-29-17(31-32)13-6-12(3)7-14(8-13)20(22,23)24;2*1-8-4-9(6-10(5-8)13(14,15)16)12-18-7-21(20-12)3-2-11(22)19-17;1-8-4-9(6-10(5-8)13(14,15)16)12-17-7-19(18-12)3-2-11(20)21;1-6(2)7(8(12)13)11-9(14)15-10(3,4)5;/h4-8,10-11,16H,9H2,1-3H3,(H,28,34)(H,30,35);2*2-7H,17H2,1H3,(H,19,22);2-7H,1H3,(H,20,21);6-7H,1-5H3,(H,11,14)(H,12,13);1H4/b5-4-;3*3-2-;;/t16-;;;;7-;/m0...0./s1. The summed E-state index contributed by atoms with van der Waals surface area (Å²) in [6.07, 6.45) is -10.00. The smallest absolute Gasteiger partial charge is 0.471 e. The van der Waals surface area contributed by atoms with E-state index in [0.717, 1.165) is 101 Å². The van der Waals surface area contributed by atoms with Crippen LogP contribution in [0.1, 0.15) is 100 Å². The van der Waals surface area contributed by atoms with Gasteiger partial charge in [-0.3, -0.25) is 34.8 Å². The number of carbonyl (C=O) groups excluding carboxylic acids is 6. The largest absolute Gasteiger partial charge is 0.480 e. The van der Waals surface area contributed by atoms with Gasteiger partial charge in [0.05, 0.1) is 28.8 Å². The van der Waals surface area contributed by atoms with E-state index in [1.807, 2.05) is 10.9 Å². The number of ether oxygens (including phenoxy) is 1. The zero-order chi connectivity index (χ0) is 87.1. The molecule has 45 heteroatoms. The number of hydrogen-bond donors (Lipinski definition) is 9. The number of nitrogens with zero attached hydrogens (tertiary/aromatic N) is 12. The molecule has 0 bridgehead atoms. The van der Waals surface area contributed by atoms with E-state index in [-0.39, 0.29) is 58.9 Å². The molecular formula is C71H78F15N19O11. The van der Waals surface area contributed by atoms with Crippen LogP contribution < -0.4 is 38.5 Å². The normalized spacial score (nSPS) is 12.4. The Labute approximate surface area is 649 Å². The molecule has 0 fully saturated rings. The van der Waals surface area contributed by atoms with Crippen molar-refractivity contribution in [3.63, 3.8) is 0 Å². The predicted molar refractivity (Wildman–Crippen MR) is 388 cm³/mol. The molecule has 11 N–H and O–H groups in total. The topological polar surface area (TPSA) is 421 Å². The van der Waals surface area contributed by atoms with Gasteiger partial charge in [0.15, 0.2) is 29.1 Å². The van der Waals surface area contributed by atoms with E-state index in [4.69, 9.17) is 26.6 Å². The lowest BCUT2D eigenvalue weighted by Crippen LogP contribution is -2.53. The number of rotatable bonds is 20. The van der Waals surface area contributed by atoms with Crippen LogP contribution in [0.5, 0.6) is 0 Å². The summed E-state index contributed by atoms with van der Waals surface area (Å²) >= 11 is 0. The number of benzene rings is 4. The minimum atomic E-state index is -5.17. The highest BCUT2D eigenvalue weighted by atomic mass is 19.4. The van der Waals surface area contributed by atoms with E-state index in [1.165, 1.54) is 73.6 Å². The number of halogens is 15. The molecule has 2 atom stereocenters. The Bertz CT molecular complexity index is 4730. The zero-order valence-corrected chi connectivity index (χ0v) is 62.1. The summed E-state index contributed by atoms with van der Waals surface area (Å²) in [6, 6.07) is 11.5. The number of alkyl halides is 15. The molecule has 4 aromatic heterocycles. The molecule has 4 aromatic carbocycles. The average Bonchev–Trinajstić information content (AvgIpc) is 1.01. The van der Waals surface area contributed by atoms with Crippen molar-refractivity contribution in [3.05, 3.63) is 167 Å². The zero-order valence-electron chi connectivity index (χ0n) is 62.1. The van der Waals surface area contributed by atoms with Gasteiger partial charge in [-0.1, -0.05) is 35.1 Å². The van der Waals surface area contributed by atoms with Crippen molar-refractivity contribution in [1.82, 2.24) is 85.9 Å². The van der Waals surface area contributed by atoms with Crippen molar-refractivity contribution in [3.8, 4) is 45.6 Å². The highest BCUT2D eigenvalue weighted by Gasteiger charge is 2.42. The minimum absolute atomic E-state index is 0. The average molecular weight is 1660 g/mol. The van der Waals surface area contributed by atoms with E-state index in [1.54, 1.807) is 72.8 Å². The number of ketones is 1. The molecule has 4 heterocycles. The van der Waals surface area contributed by atoms with Crippen molar-refractivity contribution >= 4 is 72.2 Å². The van der Waals surface area contributed by atoms with Crippen molar-refractivity contribution < 1.29 is 119 Å². The maximum atomic E-state index is 13.0. The summed E-state index contributed by atoms with van der Waals surface area (Å²) in [4.78, 5) is 105. The van der Waals surface area contributed by atoms with Crippen LogP contribution in [0, 0.1) is 39.5 Å². The number of aliphatic carboxylic acids is 2. The molecule has 30 nitrogen and oxygen atoms in total. The molecule has 0 aliphatic rings. The highest BCUT2D eigenvalue weighted by Crippen LogP contribution is 2.37. The Morgan fingerprint density at radius 3 is 0.991 bits per heavy atom. The summed E-state index contributed by atoms with van der Waals surface area (Å²) in [5, 5.41) is 39.2. The van der Waals surface area contributed by atoms with Crippen molar-refractivity contribution in [2.45, 2.75) is 132 Å². The number of alkyl carbamates (subject to hydrolysis) is 1. The third-order valence-corrected chi connectivity index (χ3v) is 14.0. The molecule has 0 radical (unpaired) electrons. The van der Waals surface area contributed by atoms with Crippen LogP contribution in [0.2, 0.25) is 0 Å². The van der Waals surface area contributed by atoms with Gasteiger partial charge in [0, 0.05) is 71.4 Å². The van der Waals surface area contributed by atoms with Crippen molar-refractivity contribution in [2.24, 2.45) is 23.5 Å². The monoisotopic (exact) mass is 1660 g/mol. The van der Waals surface area contributed by atoms with E-state index in [0.29, 0.717) is 22.3 Å². The van der Waals surface area contributed by atoms with Crippen LogP contribution in [0.4, 0.5) is 70.7 Å². The number of carboxylic acid groups (broad SMARTS) is 2. The van der Waals surface area contributed by atoms with Crippen molar-refractivity contribution in [1.29, 1.82) is 0 Å². The molecule has 5 amide bonds. The van der Waals surface area contributed by atoms with Gasteiger partial charge >= 0.3 is 54.8 Å². The molecule has 0 unspecified atom stereocenters. The van der Waals surface area contributed by atoms with Gasteiger partial charge in [-0.05, 0) is 155 Å². The fourth-order valence-electron chi connectivity index (χ4n) is 8.95. The molecule has 0 saturated carbocycles. The number of aromatic nitrogens is 12. The summed E-state index contributed by atoms with van der Waals surface area (Å²) in [7, 11) is 0. The molecule has 628 valence electrons. The lowest BCUT2D eigenvalue weighted by Gasteiger charge is -2.23. The predicted octanol–water partition coefficient (Wildman–Crippen LogP) is 11.7. The Morgan fingerprint density at radius 2 is 0.741 bits per heavy atom. The van der Waals surface area contributed by atoms with Gasteiger partial charge in [0.25, 0.3) is 11.8 Å². The number of carbonyl (C=O) groups is 8. The maximum Gasteiger partial charge on any atom is 0.471 e. The first-order valence-corrected chi connectivity index (χ1v) is 32.8. The van der Waals surface area contributed by atoms with E-state index < -0.39 is 131 Å². The first kappa shape index (κ1) is 97.2. The fraction of sp³-hybridized carbons (Fsp3) is 0.324. The Morgan fingerprint density at radius 1 is 0.448 bits per heavy atom. The first-order valence-electron chi connectivity index (χ1n) is 32.8. The summed E-state index contributed by atoms with van der Waals surface area (Å²) in [5.74, 6) is 1.96. The van der Waals surface area contributed by atoms with Gasteiger partial charge in [-0.15, -0.1) is 20.4 Å². The van der Waals surface area contributed by atoms with Gasteiger partial charge in [0.1, 0.15) is 43.0 Å². The van der Waals surface area contributed by atoms with Crippen molar-refractivity contribution in [2.75, 3.05) is 6.54 Å². The SMILES string of the molecule is C.CC(C)[C@H](NC(=O)OC(C)(C)C)C(=O)O.Cc1cc(-c2ncn(/C=C\C(=O)CNC(=O)[C@@H](NC(=O)C(F)(F)F)C(C)C)n2)cc(C(F)(F)F)c1.Cc1cc(-c2ncn(/C=C\C(=O)NN)n2)cc(C(F)(F)F)c1.Cc1cc(-c2ncn(/C=C\C(=O)NN)n2)cc(C(F)(F)F)c1.Cc1cc(-c2ncn(/C=C\C(=O)O)n2)cc(C(F)(F)F)c1. The van der Waals surface area contributed by atoms with Crippen LogP contribution >= 0.6 is 0 Å². The summed E-state index contributed by atoms with van der Waals surface area (Å²) in [5.41, 5.74) is 2.45. The number of carboxylic acids is 2. The summed E-state index contributed by atoms with van der Waals surface area (Å²) < 4.78 is 201. The minimum Gasteiger partial charge on any atom is -0.480 e. The van der Waals surface area contributed by atoms with Crippen LogP contribution in [0.15, 0.2) is 122 Å². The van der Waals surface area contributed by atoms with Gasteiger partial charge in [0.2, 0.25) is 5.91 Å². The second-order valence-electron chi connectivity index (χ2n) is 25.7. The molecular weight excluding hydrogens is 1580 g/mol. The number of hydrazine groups is 2. The van der Waals surface area contributed by atoms with Crippen LogP contribution in [-0.2, 0) is 63.0 Å². The third-order valence-electron chi connectivity index (χ3n) is 14.0. The number of aryl methyl sites for hydroxylation is 4. The number of hydrogen-bond acceptors (Lipinski definition) is 19. The van der Waals surface area contributed by atoms with Crippen LogP contribution in [-0.4, -0.2) is 147 Å². The Kier molecular flexibility index (Phi) is 35.0. The van der Waals surface area contributed by atoms with E-state index >= 15 is 0 Å². The molecule has 116 heavy (non-hydrogen) atoms. The lowest BCUT2D eigenvalue weighted by atomic mass is 10.0. The molecule has 0 aliphatic heterocycles. The summed E-state index contributed by atoms with van der Waals surface area (Å²) in [6.45, 7) is 17.0. The highest BCUT2D eigenvalue weighted by molar-refractivity contribution is 5.97. The molecule has 0 saturated heterocycles. The molecule has 8 rings (SSSR count). The Balaban J connectivity index is 0.000000385. The number of nitrogens with one attached hydrogen (secondary N) is 5. The quantitative estimate of drug-likeness (QED) is 0.0112.